The van der Waals surface area contributed by atoms with Crippen molar-refractivity contribution in [1.82, 2.24) is 4.90 Å². The summed E-state index contributed by atoms with van der Waals surface area (Å²) >= 11 is 0. The summed E-state index contributed by atoms with van der Waals surface area (Å²) in [6.45, 7) is 14.1. The standard InChI is InChI=1S/C13H28N2/c1-7-12(8-2)15(9-10(3)4)13(14)11(5)6/h10-12,14H,7-9H2,1-6H3. The van der Waals surface area contributed by atoms with Gasteiger partial charge in [0, 0.05) is 18.5 Å². The molecule has 0 spiro atoms. The highest BCUT2D eigenvalue weighted by atomic mass is 15.2. The van der Waals surface area contributed by atoms with Crippen molar-refractivity contribution < 1.29 is 0 Å². The van der Waals surface area contributed by atoms with Crippen LogP contribution >= 0.6 is 0 Å². The van der Waals surface area contributed by atoms with Gasteiger partial charge >= 0.3 is 0 Å². The molecule has 0 heterocycles. The third kappa shape index (κ3) is 4.67. The molecule has 2 heteroatoms. The van der Waals surface area contributed by atoms with Crippen molar-refractivity contribution in [1.29, 1.82) is 5.41 Å². The highest BCUT2D eigenvalue weighted by molar-refractivity contribution is 5.81. The van der Waals surface area contributed by atoms with E-state index in [2.05, 4.69) is 46.4 Å². The maximum absolute atomic E-state index is 8.16. The third-order valence-electron chi connectivity index (χ3n) is 2.80. The molecule has 0 aromatic carbocycles. The maximum Gasteiger partial charge on any atom is 0.0986 e. The van der Waals surface area contributed by atoms with Gasteiger partial charge < -0.3 is 4.90 Å². The van der Waals surface area contributed by atoms with Crippen LogP contribution in [0.5, 0.6) is 0 Å². The SMILES string of the molecule is CCC(CC)N(CC(C)C)C(=N)C(C)C. The number of nitrogens with zero attached hydrogens (tertiary/aromatic N) is 1. The van der Waals surface area contributed by atoms with Gasteiger partial charge in [0.2, 0.25) is 0 Å². The largest absolute Gasteiger partial charge is 0.357 e. The quantitative estimate of drug-likeness (QED) is 0.526. The zero-order valence-corrected chi connectivity index (χ0v) is 11.3. The molecule has 0 bridgehead atoms. The highest BCUT2D eigenvalue weighted by Crippen LogP contribution is 2.15. The molecule has 0 aliphatic rings. The number of amidine groups is 1. The first-order valence-electron chi connectivity index (χ1n) is 6.29. The smallest absolute Gasteiger partial charge is 0.0986 e. The highest BCUT2D eigenvalue weighted by Gasteiger charge is 2.20. The topological polar surface area (TPSA) is 27.1 Å². The molecule has 0 aromatic heterocycles. The van der Waals surface area contributed by atoms with Crippen LogP contribution in [0.1, 0.15) is 54.4 Å². The summed E-state index contributed by atoms with van der Waals surface area (Å²) < 4.78 is 0. The second-order valence-corrected chi connectivity index (χ2v) is 5.06. The van der Waals surface area contributed by atoms with Crippen molar-refractivity contribution in [2.75, 3.05) is 6.54 Å². The van der Waals surface area contributed by atoms with Crippen LogP contribution in [0.3, 0.4) is 0 Å². The first-order chi connectivity index (χ1) is 6.93. The molecule has 0 rings (SSSR count). The second kappa shape index (κ2) is 6.86. The lowest BCUT2D eigenvalue weighted by atomic mass is 10.0. The van der Waals surface area contributed by atoms with Gasteiger partial charge in [-0.15, -0.1) is 0 Å². The number of hydrogen-bond donors (Lipinski definition) is 1. The van der Waals surface area contributed by atoms with Gasteiger partial charge in [-0.2, -0.15) is 0 Å². The summed E-state index contributed by atoms with van der Waals surface area (Å²) in [5, 5.41) is 8.16. The fourth-order valence-corrected chi connectivity index (χ4v) is 1.90. The molecule has 15 heavy (non-hydrogen) atoms. The molecular weight excluding hydrogens is 184 g/mol. The lowest BCUT2D eigenvalue weighted by molar-refractivity contribution is 0.255. The maximum atomic E-state index is 8.16. The van der Waals surface area contributed by atoms with Crippen molar-refractivity contribution in [3.8, 4) is 0 Å². The van der Waals surface area contributed by atoms with Crippen LogP contribution in [0.25, 0.3) is 0 Å². The molecule has 2 nitrogen and oxygen atoms in total. The van der Waals surface area contributed by atoms with Gasteiger partial charge in [0.1, 0.15) is 0 Å². The van der Waals surface area contributed by atoms with Crippen LogP contribution in [0, 0.1) is 17.2 Å². The summed E-state index contributed by atoms with van der Waals surface area (Å²) in [5.41, 5.74) is 0. The summed E-state index contributed by atoms with van der Waals surface area (Å²) in [4.78, 5) is 2.30. The summed E-state index contributed by atoms with van der Waals surface area (Å²) in [7, 11) is 0. The van der Waals surface area contributed by atoms with Crippen LogP contribution in [-0.4, -0.2) is 23.3 Å². The molecule has 0 atom stereocenters. The van der Waals surface area contributed by atoms with E-state index < -0.39 is 0 Å². The van der Waals surface area contributed by atoms with E-state index in [1.54, 1.807) is 0 Å². The molecule has 0 aliphatic heterocycles. The lowest BCUT2D eigenvalue weighted by Gasteiger charge is -2.35. The van der Waals surface area contributed by atoms with Crippen LogP contribution in [0.2, 0.25) is 0 Å². The average Bonchev–Trinajstić information content (AvgIpc) is 2.16. The van der Waals surface area contributed by atoms with Crippen LogP contribution < -0.4 is 0 Å². The van der Waals surface area contributed by atoms with E-state index in [0.29, 0.717) is 17.9 Å². The van der Waals surface area contributed by atoms with Gasteiger partial charge in [0.15, 0.2) is 0 Å². The predicted molar refractivity (Wildman–Crippen MR) is 68.5 cm³/mol. The van der Waals surface area contributed by atoms with Crippen LogP contribution in [-0.2, 0) is 0 Å². The minimum Gasteiger partial charge on any atom is -0.357 e. The Kier molecular flexibility index (Phi) is 6.62. The second-order valence-electron chi connectivity index (χ2n) is 5.06. The molecule has 0 amide bonds. The first-order valence-corrected chi connectivity index (χ1v) is 6.29. The van der Waals surface area contributed by atoms with E-state index in [9.17, 15) is 0 Å². The minimum atomic E-state index is 0.337. The third-order valence-corrected chi connectivity index (χ3v) is 2.80. The summed E-state index contributed by atoms with van der Waals surface area (Å²) in [5.74, 6) is 1.77. The molecule has 0 aromatic rings. The Labute approximate surface area is 95.6 Å². The number of nitrogens with one attached hydrogen (secondary N) is 1. The van der Waals surface area contributed by atoms with Crippen molar-refractivity contribution >= 4 is 5.84 Å². The van der Waals surface area contributed by atoms with E-state index in [4.69, 9.17) is 5.41 Å². The van der Waals surface area contributed by atoms with E-state index >= 15 is 0 Å². The summed E-state index contributed by atoms with van der Waals surface area (Å²) in [6.07, 6.45) is 2.27. The van der Waals surface area contributed by atoms with E-state index in [0.717, 1.165) is 25.2 Å². The molecule has 0 fully saturated rings. The van der Waals surface area contributed by atoms with E-state index in [-0.39, 0.29) is 0 Å². The van der Waals surface area contributed by atoms with Gasteiger partial charge in [0.25, 0.3) is 0 Å². The summed E-state index contributed by atoms with van der Waals surface area (Å²) in [6, 6.07) is 0.544. The molecule has 0 saturated carbocycles. The zero-order valence-electron chi connectivity index (χ0n) is 11.3. The van der Waals surface area contributed by atoms with Gasteiger partial charge in [0.05, 0.1) is 5.84 Å². The molecule has 0 saturated heterocycles. The average molecular weight is 212 g/mol. The van der Waals surface area contributed by atoms with Crippen LogP contribution in [0.4, 0.5) is 0 Å². The Hall–Kier alpha value is -0.530. The molecule has 90 valence electrons. The Morgan fingerprint density at radius 1 is 1.07 bits per heavy atom. The minimum absolute atomic E-state index is 0.337. The molecule has 0 unspecified atom stereocenters. The molecular formula is C13H28N2. The monoisotopic (exact) mass is 212 g/mol. The number of rotatable bonds is 6. The van der Waals surface area contributed by atoms with Crippen molar-refractivity contribution in [3.63, 3.8) is 0 Å². The number of hydrogen-bond acceptors (Lipinski definition) is 1. The normalized spacial score (nSPS) is 11.5. The zero-order chi connectivity index (χ0) is 12.0. The van der Waals surface area contributed by atoms with Gasteiger partial charge in [-0.3, -0.25) is 5.41 Å². The van der Waals surface area contributed by atoms with Gasteiger partial charge in [-0.25, -0.2) is 0 Å². The molecule has 0 aliphatic carbocycles. The Balaban J connectivity index is 4.62. The van der Waals surface area contributed by atoms with E-state index in [1.165, 1.54) is 0 Å². The Bertz CT molecular complexity index is 181. The van der Waals surface area contributed by atoms with Gasteiger partial charge in [-0.05, 0) is 18.8 Å². The van der Waals surface area contributed by atoms with Crippen molar-refractivity contribution in [2.24, 2.45) is 11.8 Å². The molecule has 0 radical (unpaired) electrons. The first kappa shape index (κ1) is 14.5. The Morgan fingerprint density at radius 3 is 1.80 bits per heavy atom. The van der Waals surface area contributed by atoms with Crippen molar-refractivity contribution in [2.45, 2.75) is 60.4 Å². The predicted octanol–water partition coefficient (Wildman–Crippen LogP) is 3.77. The van der Waals surface area contributed by atoms with E-state index in [1.807, 2.05) is 0 Å². The fraction of sp³-hybridized carbons (Fsp3) is 0.923. The lowest BCUT2D eigenvalue weighted by Crippen LogP contribution is -2.43. The van der Waals surface area contributed by atoms with Crippen molar-refractivity contribution in [3.05, 3.63) is 0 Å². The fourth-order valence-electron chi connectivity index (χ4n) is 1.90. The van der Waals surface area contributed by atoms with Crippen LogP contribution in [0.15, 0.2) is 0 Å². The molecule has 1 N–H and O–H groups in total. The van der Waals surface area contributed by atoms with Gasteiger partial charge in [-0.1, -0.05) is 41.5 Å². The Morgan fingerprint density at radius 2 is 1.53 bits per heavy atom.